The first-order valence-electron chi connectivity index (χ1n) is 5.61. The van der Waals surface area contributed by atoms with Crippen LogP contribution in [-0.2, 0) is 0 Å². The number of hydrogen-bond acceptors (Lipinski definition) is 3. The molecule has 0 fully saturated rings. The van der Waals surface area contributed by atoms with Gasteiger partial charge in [0.1, 0.15) is 11.8 Å². The first kappa shape index (κ1) is 13.0. The summed E-state index contributed by atoms with van der Waals surface area (Å²) in [6.07, 6.45) is 3.17. The Kier molecular flexibility index (Phi) is 4.26. The van der Waals surface area contributed by atoms with Crippen molar-refractivity contribution in [2.75, 3.05) is 6.61 Å². The van der Waals surface area contributed by atoms with E-state index in [1.807, 2.05) is 30.3 Å². The Morgan fingerprint density at radius 1 is 1.44 bits per heavy atom. The molecule has 0 amide bonds. The van der Waals surface area contributed by atoms with E-state index < -0.39 is 0 Å². The van der Waals surface area contributed by atoms with Gasteiger partial charge in [-0.15, -0.1) is 0 Å². The van der Waals surface area contributed by atoms with Crippen LogP contribution in [0.2, 0.25) is 0 Å². The van der Waals surface area contributed by atoms with Crippen molar-refractivity contribution in [3.63, 3.8) is 0 Å². The lowest BCUT2D eigenvalue weighted by Crippen LogP contribution is -2.22. The summed E-state index contributed by atoms with van der Waals surface area (Å²) in [6, 6.07) is 9.64. The van der Waals surface area contributed by atoms with Crippen molar-refractivity contribution in [3.8, 4) is 11.8 Å². The fraction of sp³-hybridized carbons (Fsp3) is 0.214. The second kappa shape index (κ2) is 5.91. The van der Waals surface area contributed by atoms with E-state index in [1.54, 1.807) is 0 Å². The molecule has 1 atom stereocenters. The third-order valence-corrected chi connectivity index (χ3v) is 3.93. The van der Waals surface area contributed by atoms with Crippen LogP contribution in [0.5, 0.6) is 5.75 Å². The van der Waals surface area contributed by atoms with E-state index in [4.69, 9.17) is 10.00 Å². The van der Waals surface area contributed by atoms with Crippen molar-refractivity contribution >= 4 is 28.3 Å². The number of ether oxygens (including phenoxy) is 1. The topological polar surface area (TPSA) is 45.0 Å². The molecule has 2 rings (SSSR count). The summed E-state index contributed by atoms with van der Waals surface area (Å²) in [5.74, 6) is 0.710. The van der Waals surface area contributed by atoms with Crippen LogP contribution in [-0.4, -0.2) is 10.5 Å². The summed E-state index contributed by atoms with van der Waals surface area (Å²) in [6.45, 7) is 4.09. The first-order chi connectivity index (χ1) is 8.70. The molecule has 0 saturated heterocycles. The number of benzene rings is 1. The predicted molar refractivity (Wildman–Crippen MR) is 80.2 cm³/mol. The fourth-order valence-electron chi connectivity index (χ4n) is 1.70. The Hall–Kier alpha value is -1.48. The third-order valence-electron chi connectivity index (χ3n) is 2.67. The van der Waals surface area contributed by atoms with Crippen LogP contribution in [0.1, 0.15) is 12.0 Å². The Balaban J connectivity index is 2.11. The summed E-state index contributed by atoms with van der Waals surface area (Å²) in [7, 11) is 0. The van der Waals surface area contributed by atoms with E-state index in [0.29, 0.717) is 9.67 Å². The maximum absolute atomic E-state index is 8.44. The molecule has 0 bridgehead atoms. The molecule has 0 aliphatic carbocycles. The third kappa shape index (κ3) is 3.05. The molecule has 1 aliphatic heterocycles. The molecule has 92 valence electrons. The lowest BCUT2D eigenvalue weighted by atomic mass is 10.1. The normalized spacial score (nSPS) is 18.6. The van der Waals surface area contributed by atoms with Crippen LogP contribution in [0.15, 0.2) is 42.6 Å². The van der Waals surface area contributed by atoms with E-state index in [0.717, 1.165) is 23.4 Å². The van der Waals surface area contributed by atoms with Gasteiger partial charge in [0.15, 0.2) is 6.61 Å². The van der Waals surface area contributed by atoms with Crippen LogP contribution in [0.4, 0.5) is 0 Å². The second-order valence-corrected chi connectivity index (χ2v) is 5.45. The minimum Gasteiger partial charge on any atom is -0.479 e. The van der Waals surface area contributed by atoms with Crippen LogP contribution in [0.3, 0.4) is 0 Å². The van der Waals surface area contributed by atoms with Crippen molar-refractivity contribution in [1.82, 2.24) is 5.32 Å². The zero-order valence-electron chi connectivity index (χ0n) is 9.82. The minimum absolute atomic E-state index is 0.0770. The van der Waals surface area contributed by atoms with Crippen LogP contribution < -0.4 is 10.1 Å². The molecule has 0 radical (unpaired) electrons. The number of halogens is 1. The number of rotatable bonds is 3. The van der Waals surface area contributed by atoms with Crippen molar-refractivity contribution < 1.29 is 4.74 Å². The highest BCUT2D eigenvalue weighted by Crippen LogP contribution is 2.26. The highest BCUT2D eigenvalue weighted by Gasteiger charge is 2.15. The number of alkyl halides is 1. The van der Waals surface area contributed by atoms with Gasteiger partial charge >= 0.3 is 0 Å². The van der Waals surface area contributed by atoms with E-state index in [9.17, 15) is 0 Å². The molecule has 3 nitrogen and oxygen atoms in total. The highest BCUT2D eigenvalue weighted by molar-refractivity contribution is 14.1. The predicted octanol–water partition coefficient (Wildman–Crippen LogP) is 3.24. The van der Waals surface area contributed by atoms with Crippen LogP contribution in [0, 0.1) is 11.3 Å². The number of nitrogens with zero attached hydrogens (tertiary/aromatic N) is 1. The van der Waals surface area contributed by atoms with Gasteiger partial charge in [0.05, 0.1) is 3.92 Å². The fourth-order valence-corrected chi connectivity index (χ4v) is 2.11. The minimum atomic E-state index is 0.0770. The van der Waals surface area contributed by atoms with Crippen LogP contribution in [0.25, 0.3) is 5.70 Å². The van der Waals surface area contributed by atoms with Gasteiger partial charge in [-0.05, 0) is 36.2 Å². The zero-order chi connectivity index (χ0) is 13.0. The van der Waals surface area contributed by atoms with Gasteiger partial charge in [0.25, 0.3) is 0 Å². The largest absolute Gasteiger partial charge is 0.479 e. The van der Waals surface area contributed by atoms with Gasteiger partial charge in [-0.1, -0.05) is 35.2 Å². The molecule has 0 spiro atoms. The average Bonchev–Trinajstić information content (AvgIpc) is 2.40. The Labute approximate surface area is 120 Å². The maximum atomic E-state index is 8.44. The second-order valence-electron chi connectivity index (χ2n) is 3.94. The quantitative estimate of drug-likeness (QED) is 0.671. The van der Waals surface area contributed by atoms with Crippen molar-refractivity contribution in [1.29, 1.82) is 5.26 Å². The van der Waals surface area contributed by atoms with E-state index in [-0.39, 0.29) is 6.61 Å². The smallest absolute Gasteiger partial charge is 0.174 e. The van der Waals surface area contributed by atoms with E-state index >= 15 is 0 Å². The first-order valence-corrected chi connectivity index (χ1v) is 6.85. The molecule has 18 heavy (non-hydrogen) atoms. The van der Waals surface area contributed by atoms with Gasteiger partial charge in [0, 0.05) is 11.4 Å². The van der Waals surface area contributed by atoms with Crippen LogP contribution >= 0.6 is 22.6 Å². The SMILES string of the molecule is C=C1NC(c2ccc(OCC#N)cc2)=CCC1I. The molecule has 1 unspecified atom stereocenters. The molecular weight excluding hydrogens is 339 g/mol. The summed E-state index contributed by atoms with van der Waals surface area (Å²) in [4.78, 5) is 0. The zero-order valence-corrected chi connectivity index (χ0v) is 12.0. The van der Waals surface area contributed by atoms with Crippen molar-refractivity contribution in [3.05, 3.63) is 48.2 Å². The lowest BCUT2D eigenvalue weighted by Gasteiger charge is -2.22. The monoisotopic (exact) mass is 352 g/mol. The molecule has 1 aromatic rings. The maximum Gasteiger partial charge on any atom is 0.174 e. The molecule has 0 aromatic heterocycles. The van der Waals surface area contributed by atoms with Gasteiger partial charge in [0.2, 0.25) is 0 Å². The lowest BCUT2D eigenvalue weighted by molar-refractivity contribution is 0.368. The molecule has 4 heteroatoms. The molecule has 0 saturated carbocycles. The molecule has 1 aliphatic rings. The molecule has 1 N–H and O–H groups in total. The Bertz CT molecular complexity index is 514. The summed E-state index contributed by atoms with van der Waals surface area (Å²) < 4.78 is 5.66. The van der Waals surface area contributed by atoms with Gasteiger partial charge < -0.3 is 10.1 Å². The summed E-state index contributed by atoms with van der Waals surface area (Å²) in [5.41, 5.74) is 3.22. The van der Waals surface area contributed by atoms with E-state index in [2.05, 4.69) is 40.6 Å². The highest BCUT2D eigenvalue weighted by atomic mass is 127. The average molecular weight is 352 g/mol. The van der Waals surface area contributed by atoms with Crippen molar-refractivity contribution in [2.24, 2.45) is 0 Å². The molecule has 1 aromatic carbocycles. The Morgan fingerprint density at radius 2 is 2.17 bits per heavy atom. The van der Waals surface area contributed by atoms with Gasteiger partial charge in [-0.25, -0.2) is 0 Å². The summed E-state index contributed by atoms with van der Waals surface area (Å²) in [5, 5.41) is 11.7. The molecule has 1 heterocycles. The van der Waals surface area contributed by atoms with Gasteiger partial charge in [-0.2, -0.15) is 5.26 Å². The number of allylic oxidation sites excluding steroid dienone is 2. The number of nitrogens with one attached hydrogen (secondary N) is 1. The van der Waals surface area contributed by atoms with Crippen molar-refractivity contribution in [2.45, 2.75) is 10.3 Å². The number of hydrogen-bond donors (Lipinski definition) is 1. The van der Waals surface area contributed by atoms with E-state index in [1.165, 1.54) is 0 Å². The molecular formula is C14H13IN2O. The van der Waals surface area contributed by atoms with Gasteiger partial charge in [-0.3, -0.25) is 0 Å². The number of nitriles is 1. The summed E-state index contributed by atoms with van der Waals surface area (Å²) >= 11 is 2.38. The standard InChI is InChI=1S/C14H13IN2O/c1-10-13(15)6-7-14(17-10)11-2-4-12(5-3-11)18-9-8-16/h2-5,7,13,17H,1,6,9H2. The Morgan fingerprint density at radius 3 is 2.78 bits per heavy atom.